The molecule has 0 aliphatic carbocycles. The number of nitrogens with one attached hydrogen (secondary N) is 1. The second-order valence-corrected chi connectivity index (χ2v) is 6.86. The summed E-state index contributed by atoms with van der Waals surface area (Å²) in [6, 6.07) is 11.8. The zero-order chi connectivity index (χ0) is 14.2. The van der Waals surface area contributed by atoms with Crippen LogP contribution in [0.4, 0.5) is 0 Å². The van der Waals surface area contributed by atoms with Gasteiger partial charge in [0, 0.05) is 28.0 Å². The Morgan fingerprint density at radius 3 is 2.95 bits per heavy atom. The average molecular weight is 326 g/mol. The Kier molecular flexibility index (Phi) is 6.43. The van der Waals surface area contributed by atoms with Crippen LogP contribution < -0.4 is 5.32 Å². The Morgan fingerprint density at radius 2 is 2.20 bits per heavy atom. The number of halogens is 1. The fraction of sp³-hybridized carbons (Fsp3) is 0.267. The minimum atomic E-state index is 0.0933. The van der Waals surface area contributed by atoms with Crippen LogP contribution in [-0.4, -0.2) is 18.2 Å². The molecule has 1 aromatic carbocycles. The normalized spacial score (nSPS) is 10.4. The summed E-state index contributed by atoms with van der Waals surface area (Å²) in [4.78, 5) is 12.8. The average Bonchev–Trinajstić information content (AvgIpc) is 2.91. The highest BCUT2D eigenvalue weighted by Gasteiger charge is 2.03. The molecule has 2 rings (SSSR count). The van der Waals surface area contributed by atoms with Crippen molar-refractivity contribution in [1.82, 2.24) is 5.32 Å². The monoisotopic (exact) mass is 325 g/mol. The fourth-order valence-electron chi connectivity index (χ4n) is 1.71. The number of amides is 1. The van der Waals surface area contributed by atoms with E-state index in [1.807, 2.05) is 35.7 Å². The van der Waals surface area contributed by atoms with Gasteiger partial charge in [0.15, 0.2) is 0 Å². The topological polar surface area (TPSA) is 29.1 Å². The Labute approximate surface area is 132 Å². The molecule has 0 spiro atoms. The fourth-order valence-corrected chi connectivity index (χ4v) is 3.44. The Bertz CT molecular complexity index is 543. The van der Waals surface area contributed by atoms with Gasteiger partial charge >= 0.3 is 0 Å². The number of carbonyl (C=O) groups is 1. The molecule has 1 amide bonds. The Hall–Kier alpha value is -0.970. The molecule has 106 valence electrons. The van der Waals surface area contributed by atoms with Crippen molar-refractivity contribution < 1.29 is 4.79 Å². The maximum atomic E-state index is 11.7. The number of hydrogen-bond acceptors (Lipinski definition) is 3. The van der Waals surface area contributed by atoms with Gasteiger partial charge in [0.05, 0.1) is 6.42 Å². The van der Waals surface area contributed by atoms with Crippen molar-refractivity contribution in [1.29, 1.82) is 0 Å². The van der Waals surface area contributed by atoms with E-state index in [9.17, 15) is 4.79 Å². The van der Waals surface area contributed by atoms with Crippen molar-refractivity contribution in [2.75, 3.05) is 12.3 Å². The van der Waals surface area contributed by atoms with Crippen molar-refractivity contribution in [2.24, 2.45) is 0 Å². The lowest BCUT2D eigenvalue weighted by molar-refractivity contribution is -0.120. The van der Waals surface area contributed by atoms with E-state index in [1.54, 1.807) is 23.1 Å². The first kappa shape index (κ1) is 15.4. The van der Waals surface area contributed by atoms with Gasteiger partial charge in [-0.05, 0) is 29.1 Å². The number of rotatable bonds is 7. The molecule has 0 aliphatic rings. The maximum Gasteiger partial charge on any atom is 0.225 e. The van der Waals surface area contributed by atoms with Crippen LogP contribution in [0.5, 0.6) is 0 Å². The van der Waals surface area contributed by atoms with Crippen molar-refractivity contribution in [2.45, 2.75) is 12.2 Å². The molecule has 0 saturated heterocycles. The molecule has 1 aromatic heterocycles. The number of thiophene rings is 1. The van der Waals surface area contributed by atoms with Crippen LogP contribution >= 0.6 is 34.7 Å². The quantitative estimate of drug-likeness (QED) is 0.780. The minimum absolute atomic E-state index is 0.0933. The summed E-state index contributed by atoms with van der Waals surface area (Å²) in [5, 5.41) is 5.70. The van der Waals surface area contributed by atoms with Crippen LogP contribution in [0, 0.1) is 0 Å². The van der Waals surface area contributed by atoms with Crippen LogP contribution in [0.1, 0.15) is 10.4 Å². The van der Waals surface area contributed by atoms with Crippen molar-refractivity contribution >= 4 is 40.6 Å². The standard InChI is InChI=1S/C15H16ClNOS2/c16-13-4-1-3-12(9-13)11-19-8-6-17-15(18)10-14-5-2-7-20-14/h1-5,7,9H,6,8,10-11H2,(H,17,18). The van der Waals surface area contributed by atoms with Crippen molar-refractivity contribution in [3.05, 3.63) is 57.2 Å². The van der Waals surface area contributed by atoms with Crippen LogP contribution in [-0.2, 0) is 17.0 Å². The molecule has 0 radical (unpaired) electrons. The van der Waals surface area contributed by atoms with E-state index in [1.165, 1.54) is 5.56 Å². The lowest BCUT2D eigenvalue weighted by Gasteiger charge is -2.05. The van der Waals surface area contributed by atoms with Gasteiger partial charge in [-0.25, -0.2) is 0 Å². The molecule has 0 saturated carbocycles. The van der Waals surface area contributed by atoms with E-state index >= 15 is 0 Å². The minimum Gasteiger partial charge on any atom is -0.355 e. The summed E-state index contributed by atoms with van der Waals surface area (Å²) in [7, 11) is 0. The highest BCUT2D eigenvalue weighted by molar-refractivity contribution is 7.98. The van der Waals surface area contributed by atoms with Crippen LogP contribution in [0.25, 0.3) is 0 Å². The summed E-state index contributed by atoms with van der Waals surface area (Å²) < 4.78 is 0. The molecule has 5 heteroatoms. The summed E-state index contributed by atoms with van der Waals surface area (Å²) in [6.45, 7) is 0.704. The highest BCUT2D eigenvalue weighted by Crippen LogP contribution is 2.16. The number of carbonyl (C=O) groups excluding carboxylic acids is 1. The molecule has 0 bridgehead atoms. The molecule has 2 nitrogen and oxygen atoms in total. The third kappa shape index (κ3) is 5.57. The predicted octanol–water partition coefficient (Wildman–Crippen LogP) is 3.99. The summed E-state index contributed by atoms with van der Waals surface area (Å²) in [5.74, 6) is 1.92. The SMILES string of the molecule is O=C(Cc1cccs1)NCCSCc1cccc(Cl)c1. The third-order valence-electron chi connectivity index (χ3n) is 2.64. The predicted molar refractivity (Wildman–Crippen MR) is 88.6 cm³/mol. The largest absolute Gasteiger partial charge is 0.355 e. The first-order valence-corrected chi connectivity index (χ1v) is 8.76. The van der Waals surface area contributed by atoms with Gasteiger partial charge in [-0.15, -0.1) is 11.3 Å². The Morgan fingerprint density at radius 1 is 1.30 bits per heavy atom. The zero-order valence-electron chi connectivity index (χ0n) is 11.0. The molecule has 0 aliphatic heterocycles. The molecule has 2 aromatic rings. The van der Waals surface area contributed by atoms with Crippen molar-refractivity contribution in [3.63, 3.8) is 0 Å². The van der Waals surface area contributed by atoms with Gasteiger partial charge < -0.3 is 5.32 Å². The van der Waals surface area contributed by atoms with Gasteiger partial charge in [-0.2, -0.15) is 11.8 Å². The van der Waals surface area contributed by atoms with Crippen LogP contribution in [0.2, 0.25) is 5.02 Å². The zero-order valence-corrected chi connectivity index (χ0v) is 13.4. The highest BCUT2D eigenvalue weighted by atomic mass is 35.5. The smallest absolute Gasteiger partial charge is 0.225 e. The summed E-state index contributed by atoms with van der Waals surface area (Å²) >= 11 is 9.34. The van der Waals surface area contributed by atoms with E-state index < -0.39 is 0 Å². The van der Waals surface area contributed by atoms with Gasteiger partial charge in [0.2, 0.25) is 5.91 Å². The molecular weight excluding hydrogens is 310 g/mol. The van der Waals surface area contributed by atoms with E-state index in [-0.39, 0.29) is 5.91 Å². The van der Waals surface area contributed by atoms with E-state index in [0.717, 1.165) is 21.4 Å². The van der Waals surface area contributed by atoms with Gasteiger partial charge in [0.1, 0.15) is 0 Å². The number of thioether (sulfide) groups is 1. The summed E-state index contributed by atoms with van der Waals surface area (Å²) in [6.07, 6.45) is 0.483. The molecular formula is C15H16ClNOS2. The lowest BCUT2D eigenvalue weighted by Crippen LogP contribution is -2.27. The van der Waals surface area contributed by atoms with E-state index in [2.05, 4.69) is 11.4 Å². The first-order valence-electron chi connectivity index (χ1n) is 6.35. The van der Waals surface area contributed by atoms with Crippen LogP contribution in [0.3, 0.4) is 0 Å². The van der Waals surface area contributed by atoms with E-state index in [0.29, 0.717) is 13.0 Å². The first-order chi connectivity index (χ1) is 9.74. The molecule has 0 fully saturated rings. The molecule has 20 heavy (non-hydrogen) atoms. The third-order valence-corrected chi connectivity index (χ3v) is 4.78. The van der Waals surface area contributed by atoms with Crippen molar-refractivity contribution in [3.8, 4) is 0 Å². The molecule has 0 unspecified atom stereocenters. The molecule has 0 atom stereocenters. The van der Waals surface area contributed by atoms with Crippen LogP contribution in [0.15, 0.2) is 41.8 Å². The second-order valence-electron chi connectivity index (χ2n) is 4.29. The molecule has 1 N–H and O–H groups in total. The van der Waals surface area contributed by atoms with Gasteiger partial charge in [-0.1, -0.05) is 29.8 Å². The van der Waals surface area contributed by atoms with Gasteiger partial charge in [0.25, 0.3) is 0 Å². The van der Waals surface area contributed by atoms with E-state index in [4.69, 9.17) is 11.6 Å². The Balaban J connectivity index is 1.58. The number of benzene rings is 1. The lowest BCUT2D eigenvalue weighted by atomic mass is 10.2. The summed E-state index contributed by atoms with van der Waals surface area (Å²) in [5.41, 5.74) is 1.22. The van der Waals surface area contributed by atoms with Gasteiger partial charge in [-0.3, -0.25) is 4.79 Å². The maximum absolute atomic E-state index is 11.7. The molecule has 1 heterocycles. The second kappa shape index (κ2) is 8.35. The number of hydrogen-bond donors (Lipinski definition) is 1.